The van der Waals surface area contributed by atoms with Crippen LogP contribution in [0.5, 0.6) is 0 Å². The SMILES string of the molecule is CC1(C)c2ccccc2-c2cc(Cc3ccc4sc5ccccc5c4c3)ccc21. The lowest BCUT2D eigenvalue weighted by atomic mass is 9.82. The first-order chi connectivity index (χ1) is 14.1. The lowest BCUT2D eigenvalue weighted by Crippen LogP contribution is -2.14. The number of hydrogen-bond donors (Lipinski definition) is 0. The molecule has 0 aliphatic heterocycles. The molecule has 0 amide bonds. The summed E-state index contributed by atoms with van der Waals surface area (Å²) >= 11 is 1.88. The van der Waals surface area contributed by atoms with Gasteiger partial charge in [0.2, 0.25) is 0 Å². The lowest BCUT2D eigenvalue weighted by Gasteiger charge is -2.21. The quantitative estimate of drug-likeness (QED) is 0.287. The van der Waals surface area contributed by atoms with Gasteiger partial charge in [0, 0.05) is 25.6 Å². The Morgan fingerprint density at radius 1 is 0.621 bits per heavy atom. The Morgan fingerprint density at radius 3 is 2.24 bits per heavy atom. The zero-order valence-electron chi connectivity index (χ0n) is 16.7. The van der Waals surface area contributed by atoms with Gasteiger partial charge >= 0.3 is 0 Å². The zero-order chi connectivity index (χ0) is 19.6. The normalized spacial score (nSPS) is 14.3. The summed E-state index contributed by atoms with van der Waals surface area (Å²) in [5.74, 6) is 0. The molecule has 1 aromatic heterocycles. The van der Waals surface area contributed by atoms with Crippen LogP contribution in [0.1, 0.15) is 36.1 Å². The molecule has 4 aromatic carbocycles. The van der Waals surface area contributed by atoms with Crippen molar-refractivity contribution in [1.29, 1.82) is 0 Å². The van der Waals surface area contributed by atoms with Gasteiger partial charge in [-0.25, -0.2) is 0 Å². The Kier molecular flexibility index (Phi) is 3.54. The number of thiophene rings is 1. The lowest BCUT2D eigenvalue weighted by molar-refractivity contribution is 0.660. The number of rotatable bonds is 2. The Morgan fingerprint density at radius 2 is 1.31 bits per heavy atom. The predicted molar refractivity (Wildman–Crippen MR) is 126 cm³/mol. The minimum atomic E-state index is 0.0823. The topological polar surface area (TPSA) is 0 Å². The molecule has 0 N–H and O–H groups in total. The number of hydrogen-bond acceptors (Lipinski definition) is 1. The highest BCUT2D eigenvalue weighted by Gasteiger charge is 2.34. The molecule has 0 spiro atoms. The van der Waals surface area contributed by atoms with Crippen LogP contribution in [0.25, 0.3) is 31.3 Å². The average Bonchev–Trinajstić information content (AvgIpc) is 3.21. The van der Waals surface area contributed by atoms with E-state index in [-0.39, 0.29) is 5.41 Å². The summed E-state index contributed by atoms with van der Waals surface area (Å²) in [5.41, 5.74) is 8.54. The fourth-order valence-corrected chi connectivity index (χ4v) is 6.08. The van der Waals surface area contributed by atoms with Gasteiger partial charge in [0.25, 0.3) is 0 Å². The van der Waals surface area contributed by atoms with Crippen molar-refractivity contribution in [3.05, 3.63) is 107 Å². The molecule has 0 fully saturated rings. The highest BCUT2D eigenvalue weighted by Crippen LogP contribution is 2.48. The van der Waals surface area contributed by atoms with Crippen molar-refractivity contribution in [2.24, 2.45) is 0 Å². The molecule has 0 saturated carbocycles. The molecule has 6 rings (SSSR count). The Labute approximate surface area is 175 Å². The first kappa shape index (κ1) is 17.0. The van der Waals surface area contributed by atoms with E-state index in [4.69, 9.17) is 0 Å². The van der Waals surface area contributed by atoms with Gasteiger partial charge < -0.3 is 0 Å². The van der Waals surface area contributed by atoms with E-state index in [1.54, 1.807) is 0 Å². The van der Waals surface area contributed by atoms with Crippen LogP contribution in [0, 0.1) is 0 Å². The van der Waals surface area contributed by atoms with E-state index in [1.807, 2.05) is 11.3 Å². The third-order valence-corrected chi connectivity index (χ3v) is 7.65. The Hall–Kier alpha value is -2.90. The molecule has 1 aliphatic rings. The van der Waals surface area contributed by atoms with E-state index in [0.717, 1.165) is 6.42 Å². The smallest absolute Gasteiger partial charge is 0.0355 e. The highest BCUT2D eigenvalue weighted by atomic mass is 32.1. The van der Waals surface area contributed by atoms with Crippen molar-refractivity contribution < 1.29 is 0 Å². The molecule has 1 heterocycles. The van der Waals surface area contributed by atoms with Gasteiger partial charge in [0.15, 0.2) is 0 Å². The summed E-state index contributed by atoms with van der Waals surface area (Å²) in [6.07, 6.45) is 0.968. The Balaban J connectivity index is 1.43. The monoisotopic (exact) mass is 390 g/mol. The second kappa shape index (κ2) is 6.05. The van der Waals surface area contributed by atoms with Crippen LogP contribution in [-0.2, 0) is 11.8 Å². The maximum atomic E-state index is 2.42. The van der Waals surface area contributed by atoms with Crippen molar-refractivity contribution in [2.75, 3.05) is 0 Å². The van der Waals surface area contributed by atoms with Crippen LogP contribution in [-0.4, -0.2) is 0 Å². The van der Waals surface area contributed by atoms with E-state index in [1.165, 1.54) is 53.6 Å². The minimum Gasteiger partial charge on any atom is -0.135 e. The molecular weight excluding hydrogens is 368 g/mol. The summed E-state index contributed by atoms with van der Waals surface area (Å²) in [6, 6.07) is 31.7. The Bertz CT molecular complexity index is 1400. The van der Waals surface area contributed by atoms with Crippen LogP contribution in [0.2, 0.25) is 0 Å². The molecule has 1 aliphatic carbocycles. The third kappa shape index (κ3) is 2.51. The van der Waals surface area contributed by atoms with Gasteiger partial charge in [-0.1, -0.05) is 80.6 Å². The van der Waals surface area contributed by atoms with Crippen LogP contribution in [0.4, 0.5) is 0 Å². The molecule has 5 aromatic rings. The van der Waals surface area contributed by atoms with Crippen LogP contribution in [0.15, 0.2) is 84.9 Å². The predicted octanol–water partition coefficient (Wildman–Crippen LogP) is 7.95. The summed E-state index contributed by atoms with van der Waals surface area (Å²) in [6.45, 7) is 4.68. The van der Waals surface area contributed by atoms with Gasteiger partial charge in [0.05, 0.1) is 0 Å². The zero-order valence-corrected chi connectivity index (χ0v) is 17.5. The number of fused-ring (bicyclic) bond motifs is 6. The maximum Gasteiger partial charge on any atom is 0.0355 e. The second-order valence-corrected chi connectivity index (χ2v) is 9.74. The van der Waals surface area contributed by atoms with Crippen molar-refractivity contribution in [1.82, 2.24) is 0 Å². The molecule has 0 radical (unpaired) electrons. The van der Waals surface area contributed by atoms with E-state index in [2.05, 4.69) is 98.8 Å². The van der Waals surface area contributed by atoms with Gasteiger partial charge in [-0.15, -0.1) is 11.3 Å². The van der Waals surface area contributed by atoms with E-state index < -0.39 is 0 Å². The maximum absolute atomic E-state index is 2.42. The molecule has 140 valence electrons. The standard InChI is InChI=1S/C28H22S/c1-28(2)24-9-5-3-7-20(24)22-16-18(11-13-25(22)28)15-19-12-14-27-23(17-19)21-8-4-6-10-26(21)29-27/h3-14,16-17H,15H2,1-2H3. The molecule has 0 bridgehead atoms. The fourth-order valence-electron chi connectivity index (χ4n) is 5.00. The van der Waals surface area contributed by atoms with Crippen molar-refractivity contribution in [2.45, 2.75) is 25.7 Å². The van der Waals surface area contributed by atoms with Gasteiger partial charge in [-0.05, 0) is 58.0 Å². The second-order valence-electron chi connectivity index (χ2n) is 8.66. The molecule has 0 atom stereocenters. The molecular formula is C28H22S. The third-order valence-electron chi connectivity index (χ3n) is 6.50. The highest BCUT2D eigenvalue weighted by molar-refractivity contribution is 7.25. The first-order valence-electron chi connectivity index (χ1n) is 10.2. The summed E-state index contributed by atoms with van der Waals surface area (Å²) in [4.78, 5) is 0. The number of benzene rings is 4. The van der Waals surface area contributed by atoms with Crippen molar-refractivity contribution in [3.63, 3.8) is 0 Å². The summed E-state index contributed by atoms with van der Waals surface area (Å²) in [5, 5.41) is 2.76. The van der Waals surface area contributed by atoms with E-state index >= 15 is 0 Å². The van der Waals surface area contributed by atoms with Crippen LogP contribution >= 0.6 is 11.3 Å². The summed E-state index contributed by atoms with van der Waals surface area (Å²) < 4.78 is 2.75. The molecule has 29 heavy (non-hydrogen) atoms. The molecule has 0 unspecified atom stereocenters. The largest absolute Gasteiger partial charge is 0.135 e. The first-order valence-corrected chi connectivity index (χ1v) is 11.1. The van der Waals surface area contributed by atoms with E-state index in [9.17, 15) is 0 Å². The summed E-state index contributed by atoms with van der Waals surface area (Å²) in [7, 11) is 0. The van der Waals surface area contributed by atoms with Crippen LogP contribution in [0.3, 0.4) is 0 Å². The average molecular weight is 391 g/mol. The van der Waals surface area contributed by atoms with E-state index in [0.29, 0.717) is 0 Å². The van der Waals surface area contributed by atoms with Crippen LogP contribution < -0.4 is 0 Å². The van der Waals surface area contributed by atoms with Gasteiger partial charge in [-0.3, -0.25) is 0 Å². The van der Waals surface area contributed by atoms with Crippen molar-refractivity contribution in [3.8, 4) is 11.1 Å². The molecule has 0 nitrogen and oxygen atoms in total. The molecule has 0 saturated heterocycles. The van der Waals surface area contributed by atoms with Gasteiger partial charge in [0.1, 0.15) is 0 Å². The fraction of sp³-hybridized carbons (Fsp3) is 0.143. The minimum absolute atomic E-state index is 0.0823. The van der Waals surface area contributed by atoms with Gasteiger partial charge in [-0.2, -0.15) is 0 Å². The van der Waals surface area contributed by atoms with Crippen molar-refractivity contribution >= 4 is 31.5 Å². The molecule has 1 heteroatoms.